The zero-order chi connectivity index (χ0) is 22.2. The zero-order valence-electron chi connectivity index (χ0n) is 16.1. The summed E-state index contributed by atoms with van der Waals surface area (Å²) in [6, 6.07) is 4.16. The third-order valence-corrected chi connectivity index (χ3v) is 5.40. The summed E-state index contributed by atoms with van der Waals surface area (Å²) in [5, 5.41) is 2.39. The van der Waals surface area contributed by atoms with Crippen molar-refractivity contribution in [1.82, 2.24) is 9.88 Å². The number of hydrogen-bond acceptors (Lipinski definition) is 4. The second-order valence-electron chi connectivity index (χ2n) is 6.97. The number of nitrogens with zero attached hydrogens (tertiary/aromatic N) is 2. The van der Waals surface area contributed by atoms with Gasteiger partial charge in [0.2, 0.25) is 0 Å². The molecule has 0 bridgehead atoms. The third kappa shape index (κ3) is 4.21. The van der Waals surface area contributed by atoms with Crippen molar-refractivity contribution in [2.45, 2.75) is 32.5 Å². The number of nitrogens with two attached hydrogens (primary N) is 1. The predicted octanol–water partition coefficient (Wildman–Crippen LogP) is 4.72. The van der Waals surface area contributed by atoms with Crippen LogP contribution in [0.5, 0.6) is 0 Å². The van der Waals surface area contributed by atoms with Crippen molar-refractivity contribution < 1.29 is 22.4 Å². The van der Waals surface area contributed by atoms with Crippen LogP contribution >= 0.6 is 11.6 Å². The maximum atomic E-state index is 13.4. The molecule has 1 atom stereocenters. The van der Waals surface area contributed by atoms with E-state index in [0.29, 0.717) is 29.2 Å². The number of amides is 1. The normalized spacial score (nSPS) is 17.3. The number of hydrogen-bond donors (Lipinski definition) is 2. The number of aromatic nitrogens is 1. The Morgan fingerprint density at radius 2 is 2.07 bits per heavy atom. The molecule has 1 aliphatic heterocycles. The Kier molecular flexibility index (Phi) is 5.94. The van der Waals surface area contributed by atoms with Crippen LogP contribution in [0.15, 0.2) is 41.9 Å². The van der Waals surface area contributed by atoms with Gasteiger partial charge in [-0.3, -0.25) is 4.79 Å². The molecule has 0 aliphatic carbocycles. The van der Waals surface area contributed by atoms with Crippen LogP contribution in [0, 0.1) is 12.7 Å². The van der Waals surface area contributed by atoms with Crippen LogP contribution in [0.3, 0.4) is 0 Å². The molecule has 0 spiro atoms. The van der Waals surface area contributed by atoms with Gasteiger partial charge >= 0.3 is 6.18 Å². The van der Waals surface area contributed by atoms with Crippen LogP contribution in [0.25, 0.3) is 0 Å². The molecule has 0 radical (unpaired) electrons. The second-order valence-corrected chi connectivity index (χ2v) is 7.34. The first-order valence-corrected chi connectivity index (χ1v) is 9.43. The van der Waals surface area contributed by atoms with Gasteiger partial charge in [-0.2, -0.15) is 13.2 Å². The number of carbonyl (C=O) groups excluding carboxylic acids is 1. The maximum absolute atomic E-state index is 13.4. The van der Waals surface area contributed by atoms with Crippen LogP contribution in [-0.2, 0) is 6.18 Å². The first-order valence-electron chi connectivity index (χ1n) is 9.05. The summed E-state index contributed by atoms with van der Waals surface area (Å²) < 4.78 is 52.7. The summed E-state index contributed by atoms with van der Waals surface area (Å²) in [5.74, 6) is -0.676. The largest absolute Gasteiger partial charge is 0.417 e. The molecule has 160 valence electrons. The van der Waals surface area contributed by atoms with Gasteiger partial charge in [0.25, 0.3) is 5.91 Å². The molecule has 0 fully saturated rings. The molecule has 30 heavy (non-hydrogen) atoms. The van der Waals surface area contributed by atoms with Gasteiger partial charge < -0.3 is 16.0 Å². The Balaban J connectivity index is 1.85. The maximum Gasteiger partial charge on any atom is 0.417 e. The van der Waals surface area contributed by atoms with E-state index in [2.05, 4.69) is 10.3 Å². The van der Waals surface area contributed by atoms with E-state index >= 15 is 0 Å². The van der Waals surface area contributed by atoms with E-state index in [1.54, 1.807) is 13.8 Å². The number of benzene rings is 1. The lowest BCUT2D eigenvalue weighted by Crippen LogP contribution is -2.46. The Morgan fingerprint density at radius 3 is 2.70 bits per heavy atom. The van der Waals surface area contributed by atoms with Crippen molar-refractivity contribution in [3.05, 3.63) is 69.4 Å². The monoisotopic (exact) mass is 442 g/mol. The molecule has 0 saturated heterocycles. The summed E-state index contributed by atoms with van der Waals surface area (Å²) in [4.78, 5) is 18.2. The predicted molar refractivity (Wildman–Crippen MR) is 105 cm³/mol. The fourth-order valence-electron chi connectivity index (χ4n) is 3.24. The standard InChI is InChI=1S/C20H19ClF4N4O/c1-10-8-16(27-9-14(10)22)28-15-6-7-29(11(2)18(15)26)19(30)12-4-3-5-13(17(12)21)20(23,24)25/h3-5,8-9,11H,6-7,26H2,1-2H3,(H,27,28). The molecular weight excluding hydrogens is 424 g/mol. The number of nitrogens with one attached hydrogen (secondary N) is 1. The summed E-state index contributed by atoms with van der Waals surface area (Å²) in [6.45, 7) is 3.47. The van der Waals surface area contributed by atoms with Crippen molar-refractivity contribution in [3.8, 4) is 0 Å². The van der Waals surface area contributed by atoms with Gasteiger partial charge in [0.05, 0.1) is 34.1 Å². The molecule has 1 aromatic carbocycles. The lowest BCUT2D eigenvalue weighted by atomic mass is 10.0. The van der Waals surface area contributed by atoms with Crippen LogP contribution in [0.1, 0.15) is 34.8 Å². The highest BCUT2D eigenvalue weighted by Gasteiger charge is 2.36. The smallest absolute Gasteiger partial charge is 0.399 e. The van der Waals surface area contributed by atoms with Gasteiger partial charge in [0.15, 0.2) is 0 Å². The van der Waals surface area contributed by atoms with E-state index < -0.39 is 34.5 Å². The van der Waals surface area contributed by atoms with E-state index in [1.165, 1.54) is 17.0 Å². The third-order valence-electron chi connectivity index (χ3n) is 4.99. The Morgan fingerprint density at radius 1 is 1.37 bits per heavy atom. The molecule has 5 nitrogen and oxygen atoms in total. The lowest BCUT2D eigenvalue weighted by molar-refractivity contribution is -0.137. The number of pyridine rings is 1. The minimum atomic E-state index is -4.67. The molecule has 10 heteroatoms. The molecule has 3 N–H and O–H groups in total. The summed E-state index contributed by atoms with van der Waals surface area (Å²) in [7, 11) is 0. The fraction of sp³-hybridized carbons (Fsp3) is 0.300. The zero-order valence-corrected chi connectivity index (χ0v) is 16.9. The highest BCUT2D eigenvalue weighted by atomic mass is 35.5. The summed E-state index contributed by atoms with van der Waals surface area (Å²) in [6.07, 6.45) is -3.26. The van der Waals surface area contributed by atoms with Crippen LogP contribution < -0.4 is 11.1 Å². The number of alkyl halides is 3. The average Bonchev–Trinajstić information content (AvgIpc) is 2.67. The van der Waals surface area contributed by atoms with E-state index in [9.17, 15) is 22.4 Å². The van der Waals surface area contributed by atoms with E-state index in [0.717, 1.165) is 18.3 Å². The first kappa shape index (κ1) is 21.9. The van der Waals surface area contributed by atoms with Gasteiger partial charge in [-0.25, -0.2) is 9.37 Å². The van der Waals surface area contributed by atoms with Gasteiger partial charge in [0.1, 0.15) is 11.6 Å². The number of aryl methyl sites for hydroxylation is 1. The summed E-state index contributed by atoms with van der Waals surface area (Å²) >= 11 is 5.89. The Labute approximate surface area is 175 Å². The Hall–Kier alpha value is -2.81. The molecule has 1 amide bonds. The van der Waals surface area contributed by atoms with E-state index in [1.807, 2.05) is 0 Å². The average molecular weight is 443 g/mol. The highest BCUT2D eigenvalue weighted by molar-refractivity contribution is 6.34. The fourth-order valence-corrected chi connectivity index (χ4v) is 3.55. The van der Waals surface area contributed by atoms with Crippen LogP contribution in [-0.4, -0.2) is 28.4 Å². The van der Waals surface area contributed by atoms with Gasteiger partial charge in [-0.1, -0.05) is 17.7 Å². The molecular formula is C20H19ClF4N4O. The molecule has 2 aromatic rings. The van der Waals surface area contributed by atoms with Crippen molar-refractivity contribution in [2.24, 2.45) is 5.73 Å². The lowest BCUT2D eigenvalue weighted by Gasteiger charge is -2.36. The van der Waals surface area contributed by atoms with Gasteiger partial charge in [-0.05, 0) is 37.6 Å². The molecule has 1 aromatic heterocycles. The molecule has 0 saturated carbocycles. The van der Waals surface area contributed by atoms with Crippen molar-refractivity contribution in [3.63, 3.8) is 0 Å². The van der Waals surface area contributed by atoms with Crippen molar-refractivity contribution >= 4 is 23.3 Å². The minimum absolute atomic E-state index is 0.204. The minimum Gasteiger partial charge on any atom is -0.399 e. The quantitative estimate of drug-likeness (QED) is 0.675. The molecule has 3 rings (SSSR count). The van der Waals surface area contributed by atoms with Crippen molar-refractivity contribution in [1.29, 1.82) is 0 Å². The topological polar surface area (TPSA) is 71.2 Å². The molecule has 1 aliphatic rings. The second kappa shape index (κ2) is 8.14. The van der Waals surface area contributed by atoms with Gasteiger partial charge in [-0.15, -0.1) is 0 Å². The number of carbonyl (C=O) groups is 1. The SMILES string of the molecule is Cc1cc(NC2=C(N)C(C)N(C(=O)c3cccc(C(F)(F)F)c3Cl)CC2)ncc1F. The van der Waals surface area contributed by atoms with E-state index in [-0.39, 0.29) is 12.1 Å². The van der Waals surface area contributed by atoms with Crippen molar-refractivity contribution in [2.75, 3.05) is 11.9 Å². The van der Waals surface area contributed by atoms with Crippen LogP contribution in [0.4, 0.5) is 23.4 Å². The molecule has 2 heterocycles. The van der Waals surface area contributed by atoms with Crippen LogP contribution in [0.2, 0.25) is 5.02 Å². The first-order chi connectivity index (χ1) is 14.0. The Bertz CT molecular complexity index is 1020. The number of halogens is 5. The number of anilines is 1. The molecule has 1 unspecified atom stereocenters. The van der Waals surface area contributed by atoms with E-state index in [4.69, 9.17) is 17.3 Å². The highest BCUT2D eigenvalue weighted by Crippen LogP contribution is 2.37. The number of rotatable bonds is 3. The summed E-state index contributed by atoms with van der Waals surface area (Å²) in [5.41, 5.74) is 6.24. The van der Waals surface area contributed by atoms with Gasteiger partial charge in [0, 0.05) is 18.7 Å².